The molecule has 0 radical (unpaired) electrons. The van der Waals surface area contributed by atoms with E-state index in [1.165, 1.54) is 0 Å². The highest BCUT2D eigenvalue weighted by Crippen LogP contribution is 2.23. The Balaban J connectivity index is 2.23. The number of aryl methyl sites for hydroxylation is 2. The molecule has 0 saturated carbocycles. The first-order chi connectivity index (χ1) is 9.85. The zero-order valence-corrected chi connectivity index (χ0v) is 13.2. The van der Waals surface area contributed by atoms with E-state index < -0.39 is 10.0 Å². The van der Waals surface area contributed by atoms with Crippen LogP contribution in [-0.2, 0) is 10.0 Å². The number of nitrogens with zero attached hydrogens (tertiary/aromatic N) is 1. The summed E-state index contributed by atoms with van der Waals surface area (Å²) in [4.78, 5) is 0.0999. The zero-order chi connectivity index (χ0) is 15.6. The van der Waals surface area contributed by atoms with E-state index >= 15 is 0 Å². The molecule has 1 N–H and O–H groups in total. The molecule has 2 aromatic rings. The largest absolute Gasteiger partial charge is 0.497 e. The SMILES string of the molecule is COc1ccc([C@@H](C)NS(=O)(=O)c2c(C)noc2C)cc1. The van der Waals surface area contributed by atoms with Crippen LogP contribution >= 0.6 is 0 Å². The second kappa shape index (κ2) is 5.87. The molecule has 0 aliphatic heterocycles. The molecule has 1 aromatic heterocycles. The lowest BCUT2D eigenvalue weighted by atomic mass is 10.1. The predicted molar refractivity (Wildman–Crippen MR) is 77.7 cm³/mol. The maximum absolute atomic E-state index is 12.4. The van der Waals surface area contributed by atoms with Gasteiger partial charge < -0.3 is 9.26 Å². The van der Waals surface area contributed by atoms with Gasteiger partial charge in [-0.05, 0) is 38.5 Å². The maximum atomic E-state index is 12.4. The molecule has 0 aliphatic rings. The van der Waals surface area contributed by atoms with Gasteiger partial charge in [0, 0.05) is 6.04 Å². The molecule has 1 aromatic carbocycles. The molecule has 0 aliphatic carbocycles. The van der Waals surface area contributed by atoms with Crippen molar-refractivity contribution in [3.63, 3.8) is 0 Å². The number of ether oxygens (including phenoxy) is 1. The third kappa shape index (κ3) is 3.25. The summed E-state index contributed by atoms with van der Waals surface area (Å²) in [5.74, 6) is 1.00. The van der Waals surface area contributed by atoms with Gasteiger partial charge in [-0.3, -0.25) is 0 Å². The molecular formula is C14H18N2O4S. The van der Waals surface area contributed by atoms with Crippen molar-refractivity contribution >= 4 is 10.0 Å². The number of nitrogens with one attached hydrogen (secondary N) is 1. The van der Waals surface area contributed by atoms with Gasteiger partial charge in [0.1, 0.15) is 16.3 Å². The van der Waals surface area contributed by atoms with Gasteiger partial charge in [-0.25, -0.2) is 13.1 Å². The standard InChI is InChI=1S/C14H18N2O4S/c1-9(12-5-7-13(19-4)8-6-12)16-21(17,18)14-10(2)15-20-11(14)3/h5-9,16H,1-4H3/t9-/m1/s1. The van der Waals surface area contributed by atoms with Crippen molar-refractivity contribution in [1.29, 1.82) is 0 Å². The first-order valence-corrected chi connectivity index (χ1v) is 7.92. The third-order valence-electron chi connectivity index (χ3n) is 3.18. The van der Waals surface area contributed by atoms with Crippen LogP contribution in [0.5, 0.6) is 5.75 Å². The predicted octanol–water partition coefficient (Wildman–Crippen LogP) is 2.34. The van der Waals surface area contributed by atoms with Gasteiger partial charge in [0.05, 0.1) is 7.11 Å². The highest BCUT2D eigenvalue weighted by atomic mass is 32.2. The van der Waals surface area contributed by atoms with E-state index in [0.29, 0.717) is 5.69 Å². The van der Waals surface area contributed by atoms with Crippen molar-refractivity contribution in [3.05, 3.63) is 41.3 Å². The normalized spacial score (nSPS) is 13.1. The highest BCUT2D eigenvalue weighted by molar-refractivity contribution is 7.89. The van der Waals surface area contributed by atoms with Crippen molar-refractivity contribution < 1.29 is 17.7 Å². The van der Waals surface area contributed by atoms with E-state index in [-0.39, 0.29) is 16.7 Å². The first-order valence-electron chi connectivity index (χ1n) is 6.44. The van der Waals surface area contributed by atoms with Crippen LogP contribution in [0, 0.1) is 13.8 Å². The summed E-state index contributed by atoms with van der Waals surface area (Å²) in [7, 11) is -2.10. The van der Waals surface area contributed by atoms with Gasteiger partial charge in [0.2, 0.25) is 10.0 Å². The maximum Gasteiger partial charge on any atom is 0.246 e. The molecule has 1 heterocycles. The average molecular weight is 310 g/mol. The van der Waals surface area contributed by atoms with Crippen molar-refractivity contribution in [1.82, 2.24) is 9.88 Å². The average Bonchev–Trinajstić information content (AvgIpc) is 2.78. The second-order valence-electron chi connectivity index (χ2n) is 4.77. The van der Waals surface area contributed by atoms with E-state index in [2.05, 4.69) is 9.88 Å². The quantitative estimate of drug-likeness (QED) is 0.916. The van der Waals surface area contributed by atoms with Crippen molar-refractivity contribution in [2.45, 2.75) is 31.7 Å². The zero-order valence-electron chi connectivity index (χ0n) is 12.4. The number of methoxy groups -OCH3 is 1. The first kappa shape index (κ1) is 15.5. The molecule has 0 unspecified atom stereocenters. The Morgan fingerprint density at radius 2 is 1.86 bits per heavy atom. The topological polar surface area (TPSA) is 81.4 Å². The molecule has 114 valence electrons. The molecule has 6 nitrogen and oxygen atoms in total. The Kier molecular flexibility index (Phi) is 4.34. The van der Waals surface area contributed by atoms with Crippen LogP contribution in [-0.4, -0.2) is 20.7 Å². The molecule has 0 bridgehead atoms. The molecule has 1 atom stereocenters. The Bertz CT molecular complexity index is 700. The van der Waals surface area contributed by atoms with Gasteiger partial charge in [-0.2, -0.15) is 0 Å². The monoisotopic (exact) mass is 310 g/mol. The van der Waals surface area contributed by atoms with Gasteiger partial charge in [-0.1, -0.05) is 17.3 Å². The van der Waals surface area contributed by atoms with Crippen molar-refractivity contribution in [2.24, 2.45) is 0 Å². The van der Waals surface area contributed by atoms with Gasteiger partial charge in [0.25, 0.3) is 0 Å². The minimum absolute atomic E-state index is 0.0999. The Labute approximate surface area is 124 Å². The molecular weight excluding hydrogens is 292 g/mol. The summed E-state index contributed by atoms with van der Waals surface area (Å²) in [5.41, 5.74) is 1.19. The lowest BCUT2D eigenvalue weighted by Crippen LogP contribution is -2.27. The Morgan fingerprint density at radius 3 is 2.33 bits per heavy atom. The van der Waals surface area contributed by atoms with E-state index in [4.69, 9.17) is 9.26 Å². The van der Waals surface area contributed by atoms with E-state index in [1.54, 1.807) is 40.0 Å². The minimum atomic E-state index is -3.68. The molecule has 0 spiro atoms. The highest BCUT2D eigenvalue weighted by Gasteiger charge is 2.26. The summed E-state index contributed by atoms with van der Waals surface area (Å²) in [5, 5.41) is 3.67. The van der Waals surface area contributed by atoms with E-state index in [0.717, 1.165) is 11.3 Å². The molecule has 0 fully saturated rings. The molecule has 21 heavy (non-hydrogen) atoms. The number of hydrogen-bond acceptors (Lipinski definition) is 5. The van der Waals surface area contributed by atoms with E-state index in [1.807, 2.05) is 12.1 Å². The fourth-order valence-corrected chi connectivity index (χ4v) is 3.67. The van der Waals surface area contributed by atoms with Crippen molar-refractivity contribution in [2.75, 3.05) is 7.11 Å². The number of benzene rings is 1. The van der Waals surface area contributed by atoms with Gasteiger partial charge in [0.15, 0.2) is 5.76 Å². The number of hydrogen-bond donors (Lipinski definition) is 1. The summed E-state index contributed by atoms with van der Waals surface area (Å²) in [6.45, 7) is 4.95. The van der Waals surface area contributed by atoms with Crippen molar-refractivity contribution in [3.8, 4) is 5.75 Å². The Morgan fingerprint density at radius 1 is 1.24 bits per heavy atom. The Hall–Kier alpha value is -1.86. The van der Waals surface area contributed by atoms with E-state index in [9.17, 15) is 8.42 Å². The number of rotatable bonds is 5. The lowest BCUT2D eigenvalue weighted by molar-refractivity contribution is 0.390. The number of aromatic nitrogens is 1. The van der Waals surface area contributed by atoms with Crippen LogP contribution in [0.3, 0.4) is 0 Å². The lowest BCUT2D eigenvalue weighted by Gasteiger charge is -2.14. The van der Waals surface area contributed by atoms with Crippen LogP contribution in [0.2, 0.25) is 0 Å². The van der Waals surface area contributed by atoms with Crippen LogP contribution in [0.1, 0.15) is 30.0 Å². The fourth-order valence-electron chi connectivity index (χ4n) is 2.11. The molecule has 0 amide bonds. The molecule has 2 rings (SSSR count). The van der Waals surface area contributed by atoms with Gasteiger partial charge >= 0.3 is 0 Å². The van der Waals surface area contributed by atoms with Gasteiger partial charge in [-0.15, -0.1) is 0 Å². The van der Waals surface area contributed by atoms with Crippen LogP contribution in [0.25, 0.3) is 0 Å². The van der Waals surface area contributed by atoms with Crippen LogP contribution in [0.15, 0.2) is 33.7 Å². The molecule has 7 heteroatoms. The molecule has 0 saturated heterocycles. The minimum Gasteiger partial charge on any atom is -0.497 e. The summed E-state index contributed by atoms with van der Waals surface area (Å²) >= 11 is 0. The summed E-state index contributed by atoms with van der Waals surface area (Å²) < 4.78 is 37.4. The summed E-state index contributed by atoms with van der Waals surface area (Å²) in [6.07, 6.45) is 0. The summed E-state index contributed by atoms with van der Waals surface area (Å²) in [6, 6.07) is 6.83. The second-order valence-corrected chi connectivity index (χ2v) is 6.42. The van der Waals surface area contributed by atoms with Crippen LogP contribution < -0.4 is 9.46 Å². The third-order valence-corrected chi connectivity index (χ3v) is 4.97. The smallest absolute Gasteiger partial charge is 0.246 e. The fraction of sp³-hybridized carbons (Fsp3) is 0.357. The van der Waals surface area contributed by atoms with Crippen LogP contribution in [0.4, 0.5) is 0 Å². The number of sulfonamides is 1.